The van der Waals surface area contributed by atoms with E-state index in [1.54, 1.807) is 23.9 Å². The van der Waals surface area contributed by atoms with E-state index >= 15 is 0 Å². The molecule has 0 saturated heterocycles. The van der Waals surface area contributed by atoms with Crippen molar-refractivity contribution in [2.75, 3.05) is 14.1 Å². The summed E-state index contributed by atoms with van der Waals surface area (Å²) in [6.07, 6.45) is 3.71. The number of halogens is 3. The van der Waals surface area contributed by atoms with Crippen LogP contribution in [0.4, 0.5) is 8.78 Å². The Kier molecular flexibility index (Phi) is 9.92. The van der Waals surface area contributed by atoms with Gasteiger partial charge in [-0.3, -0.25) is 0 Å². The highest BCUT2D eigenvalue weighted by Gasteiger charge is 2.13. The van der Waals surface area contributed by atoms with Gasteiger partial charge in [-0.05, 0) is 74.6 Å². The molecule has 0 radical (unpaired) electrons. The van der Waals surface area contributed by atoms with E-state index in [2.05, 4.69) is 45.7 Å². The maximum absolute atomic E-state index is 14.0. The highest BCUT2D eigenvalue weighted by Crippen LogP contribution is 2.38. The lowest BCUT2D eigenvalue weighted by Crippen LogP contribution is -2.06. The van der Waals surface area contributed by atoms with Gasteiger partial charge in [0.05, 0.1) is 0 Å². The standard InChI is InChI=1S/C17H17FN2S.C16H14ClFN2S/c1-11-6-7-15(12(8-11)9-19-2)21-16-10-20-14-5-3-4-13(18)17(14)16;1-19-8-10-5-6-11(17)7-14(10)21-15-9-20-13-4-2-3-12(18)16(13)15/h3-8,10,19-20H,9H2,1-2H3;2-7,9,19-20H,8H2,1H3. The Bertz CT molecular complexity index is 1830. The summed E-state index contributed by atoms with van der Waals surface area (Å²) in [5.41, 5.74) is 5.23. The molecule has 4 N–H and O–H groups in total. The third kappa shape index (κ3) is 6.85. The SMILES string of the molecule is CNCc1cc(C)ccc1Sc1c[nH]c2cccc(F)c12.CNCc1ccc(Cl)cc1Sc1c[nH]c2cccc(F)c12. The molecule has 0 aliphatic heterocycles. The van der Waals surface area contributed by atoms with Gasteiger partial charge in [0.25, 0.3) is 0 Å². The van der Waals surface area contributed by atoms with E-state index in [0.29, 0.717) is 15.8 Å². The number of aromatic nitrogens is 2. The lowest BCUT2D eigenvalue weighted by atomic mass is 10.1. The number of aromatic amines is 2. The molecule has 0 fully saturated rings. The Hall–Kier alpha value is -3.27. The molecule has 0 unspecified atom stereocenters. The van der Waals surface area contributed by atoms with Crippen molar-refractivity contribution in [3.05, 3.63) is 119 Å². The zero-order valence-corrected chi connectivity index (χ0v) is 25.8. The molecule has 0 aliphatic rings. The molecule has 0 saturated carbocycles. The maximum Gasteiger partial charge on any atom is 0.133 e. The van der Waals surface area contributed by atoms with Gasteiger partial charge in [0.15, 0.2) is 0 Å². The quantitative estimate of drug-likeness (QED) is 0.137. The number of aryl methyl sites for hydroxylation is 1. The summed E-state index contributed by atoms with van der Waals surface area (Å²) in [6.45, 7) is 3.62. The van der Waals surface area contributed by atoms with Crippen LogP contribution in [0.5, 0.6) is 0 Å². The molecule has 6 aromatic rings. The first-order chi connectivity index (χ1) is 20.4. The van der Waals surface area contributed by atoms with Gasteiger partial charge in [0.2, 0.25) is 0 Å². The van der Waals surface area contributed by atoms with Gasteiger partial charge < -0.3 is 20.6 Å². The van der Waals surface area contributed by atoms with Crippen molar-refractivity contribution < 1.29 is 8.78 Å². The largest absolute Gasteiger partial charge is 0.360 e. The monoisotopic (exact) mass is 620 g/mol. The van der Waals surface area contributed by atoms with Crippen molar-refractivity contribution >= 4 is 56.9 Å². The predicted molar refractivity (Wildman–Crippen MR) is 173 cm³/mol. The maximum atomic E-state index is 14.0. The van der Waals surface area contributed by atoms with Gasteiger partial charge in [-0.2, -0.15) is 0 Å². The van der Waals surface area contributed by atoms with Crippen LogP contribution in [0.2, 0.25) is 5.02 Å². The number of hydrogen-bond donors (Lipinski definition) is 4. The van der Waals surface area contributed by atoms with Crippen LogP contribution >= 0.6 is 35.1 Å². The minimum absolute atomic E-state index is 0.182. The summed E-state index contributed by atoms with van der Waals surface area (Å²) in [6, 6.07) is 22.3. The molecule has 4 nitrogen and oxygen atoms in total. The number of hydrogen-bond acceptors (Lipinski definition) is 4. The van der Waals surface area contributed by atoms with E-state index in [4.69, 9.17) is 11.6 Å². The molecule has 216 valence electrons. The van der Waals surface area contributed by atoms with Crippen molar-refractivity contribution in [3.8, 4) is 0 Å². The normalized spacial score (nSPS) is 11.2. The zero-order chi connectivity index (χ0) is 29.6. The summed E-state index contributed by atoms with van der Waals surface area (Å²) in [7, 11) is 3.83. The fourth-order valence-electron chi connectivity index (χ4n) is 4.71. The van der Waals surface area contributed by atoms with Crippen LogP contribution in [-0.2, 0) is 13.1 Å². The minimum Gasteiger partial charge on any atom is -0.360 e. The lowest BCUT2D eigenvalue weighted by Gasteiger charge is -2.09. The van der Waals surface area contributed by atoms with Gasteiger partial charge in [-0.25, -0.2) is 8.78 Å². The number of H-pyrrole nitrogens is 2. The summed E-state index contributed by atoms with van der Waals surface area (Å²) >= 11 is 9.22. The summed E-state index contributed by atoms with van der Waals surface area (Å²) < 4.78 is 28.1. The van der Waals surface area contributed by atoms with Gasteiger partial charge in [-0.1, -0.05) is 71.0 Å². The van der Waals surface area contributed by atoms with Crippen molar-refractivity contribution in [3.63, 3.8) is 0 Å². The van der Waals surface area contributed by atoms with Crippen molar-refractivity contribution in [2.24, 2.45) is 0 Å². The Morgan fingerprint density at radius 2 is 1.24 bits per heavy atom. The van der Waals surface area contributed by atoms with Crippen molar-refractivity contribution in [2.45, 2.75) is 39.6 Å². The Morgan fingerprint density at radius 1 is 0.667 bits per heavy atom. The average Bonchev–Trinajstić information content (AvgIpc) is 3.58. The van der Waals surface area contributed by atoms with Crippen LogP contribution in [0, 0.1) is 18.6 Å². The zero-order valence-electron chi connectivity index (χ0n) is 23.4. The summed E-state index contributed by atoms with van der Waals surface area (Å²) in [5.74, 6) is -0.396. The molecule has 42 heavy (non-hydrogen) atoms. The van der Waals surface area contributed by atoms with E-state index in [9.17, 15) is 8.78 Å². The molecule has 6 rings (SSSR count). The van der Waals surface area contributed by atoms with Gasteiger partial charge in [0.1, 0.15) is 11.6 Å². The fourth-order valence-corrected chi connectivity index (χ4v) is 7.14. The highest BCUT2D eigenvalue weighted by molar-refractivity contribution is 8.00. The molecular formula is C33H31ClF2N4S2. The van der Waals surface area contributed by atoms with Crippen molar-refractivity contribution in [1.82, 2.24) is 20.6 Å². The van der Waals surface area contributed by atoms with E-state index in [1.807, 2.05) is 56.8 Å². The number of fused-ring (bicyclic) bond motifs is 2. The second kappa shape index (κ2) is 13.8. The third-order valence-electron chi connectivity index (χ3n) is 6.66. The Labute approximate surface area is 257 Å². The average molecular weight is 621 g/mol. The molecule has 2 aromatic heterocycles. The van der Waals surface area contributed by atoms with Crippen molar-refractivity contribution in [1.29, 1.82) is 0 Å². The van der Waals surface area contributed by atoms with Crippen LogP contribution in [0.3, 0.4) is 0 Å². The lowest BCUT2D eigenvalue weighted by molar-refractivity contribution is 0.638. The first-order valence-electron chi connectivity index (χ1n) is 13.4. The molecule has 9 heteroatoms. The second-order valence-corrected chi connectivity index (χ2v) is 12.4. The highest BCUT2D eigenvalue weighted by atomic mass is 35.5. The first kappa shape index (κ1) is 30.2. The van der Waals surface area contributed by atoms with E-state index in [1.165, 1.54) is 35.0 Å². The molecule has 2 heterocycles. The van der Waals surface area contributed by atoms with E-state index < -0.39 is 0 Å². The summed E-state index contributed by atoms with van der Waals surface area (Å²) in [5, 5.41) is 8.28. The number of benzene rings is 4. The predicted octanol–water partition coefficient (Wildman–Crippen LogP) is 9.32. The first-order valence-corrected chi connectivity index (χ1v) is 15.4. The molecular weight excluding hydrogens is 590 g/mol. The van der Waals surface area contributed by atoms with Gasteiger partial charge in [0, 0.05) is 71.9 Å². The van der Waals surface area contributed by atoms with Crippen LogP contribution in [0.25, 0.3) is 21.8 Å². The smallest absolute Gasteiger partial charge is 0.133 e. The molecule has 0 spiro atoms. The van der Waals surface area contributed by atoms with Gasteiger partial charge >= 0.3 is 0 Å². The van der Waals surface area contributed by atoms with E-state index in [-0.39, 0.29) is 11.6 Å². The third-order valence-corrected chi connectivity index (χ3v) is 9.19. The van der Waals surface area contributed by atoms with Crippen LogP contribution in [0.1, 0.15) is 16.7 Å². The van der Waals surface area contributed by atoms with Crippen LogP contribution < -0.4 is 10.6 Å². The second-order valence-electron chi connectivity index (χ2n) is 9.76. The molecule has 0 aliphatic carbocycles. The van der Waals surface area contributed by atoms with Crippen LogP contribution in [0.15, 0.2) is 105 Å². The Balaban J connectivity index is 0.000000168. The minimum atomic E-state index is -0.214. The van der Waals surface area contributed by atoms with E-state index in [0.717, 1.165) is 49.3 Å². The summed E-state index contributed by atoms with van der Waals surface area (Å²) in [4.78, 5) is 10.2. The molecule has 0 atom stereocenters. The van der Waals surface area contributed by atoms with Crippen LogP contribution in [-0.4, -0.2) is 24.1 Å². The Morgan fingerprint density at radius 3 is 1.83 bits per heavy atom. The number of nitrogens with one attached hydrogen (secondary N) is 4. The molecule has 0 amide bonds. The molecule has 4 aromatic carbocycles. The number of rotatable bonds is 8. The molecule has 0 bridgehead atoms. The fraction of sp³-hybridized carbons (Fsp3) is 0.152. The topological polar surface area (TPSA) is 55.6 Å². The van der Waals surface area contributed by atoms with Gasteiger partial charge in [-0.15, -0.1) is 0 Å².